The van der Waals surface area contributed by atoms with Gasteiger partial charge in [-0.2, -0.15) is 0 Å². The molecule has 0 saturated heterocycles. The van der Waals surface area contributed by atoms with Crippen LogP contribution in [0.5, 0.6) is 0 Å². The molecule has 0 aromatic heterocycles. The van der Waals surface area contributed by atoms with Crippen molar-refractivity contribution in [2.75, 3.05) is 0 Å². The van der Waals surface area contributed by atoms with E-state index >= 15 is 0 Å². The fraction of sp³-hybridized carbons (Fsp3) is 0.263. The zero-order chi connectivity index (χ0) is 13.6. The van der Waals surface area contributed by atoms with E-state index < -0.39 is 0 Å². The van der Waals surface area contributed by atoms with Crippen LogP contribution in [0.25, 0.3) is 17.2 Å². The molecule has 0 bridgehead atoms. The van der Waals surface area contributed by atoms with Gasteiger partial charge in [-0.15, -0.1) is 0 Å². The molecule has 0 heteroatoms. The quantitative estimate of drug-likeness (QED) is 0.654. The summed E-state index contributed by atoms with van der Waals surface area (Å²) in [7, 11) is 0. The minimum Gasteiger partial charge on any atom is -0.0795 e. The van der Waals surface area contributed by atoms with Crippen LogP contribution in [-0.2, 0) is 6.42 Å². The summed E-state index contributed by atoms with van der Waals surface area (Å²) < 4.78 is 0. The van der Waals surface area contributed by atoms with Crippen molar-refractivity contribution in [3.8, 4) is 11.1 Å². The van der Waals surface area contributed by atoms with Crippen LogP contribution >= 0.6 is 0 Å². The smallest absolute Gasteiger partial charge is 0.00765 e. The molecule has 3 rings (SSSR count). The Morgan fingerprint density at radius 2 is 1.53 bits per heavy atom. The van der Waals surface area contributed by atoms with Gasteiger partial charge in [-0.25, -0.2) is 0 Å². The summed E-state index contributed by atoms with van der Waals surface area (Å²) >= 11 is 0. The molecular weight excluding hydrogens is 228 g/mol. The number of hydrogen-bond donors (Lipinski definition) is 0. The van der Waals surface area contributed by atoms with Gasteiger partial charge >= 0.3 is 0 Å². The fourth-order valence-corrected chi connectivity index (χ4v) is 3.16. The first-order valence-corrected chi connectivity index (χ1v) is 6.94. The van der Waals surface area contributed by atoms with Crippen molar-refractivity contribution in [3.05, 3.63) is 63.7 Å². The van der Waals surface area contributed by atoms with E-state index in [1.54, 1.807) is 0 Å². The first-order chi connectivity index (χ1) is 9.06. The molecule has 0 unspecified atom stereocenters. The van der Waals surface area contributed by atoms with Gasteiger partial charge in [0.05, 0.1) is 0 Å². The molecule has 0 spiro atoms. The predicted octanol–water partition coefficient (Wildman–Crippen LogP) is 5.16. The van der Waals surface area contributed by atoms with Crippen molar-refractivity contribution >= 4 is 6.08 Å². The molecule has 0 atom stereocenters. The summed E-state index contributed by atoms with van der Waals surface area (Å²) in [6.07, 6.45) is 5.64. The number of fused-ring (bicyclic) bond motifs is 1. The highest BCUT2D eigenvalue weighted by Gasteiger charge is 2.16. The average molecular weight is 248 g/mol. The maximum atomic E-state index is 2.34. The Labute approximate surface area is 115 Å². The minimum atomic E-state index is 1.08. The lowest BCUT2D eigenvalue weighted by Gasteiger charge is -2.16. The van der Waals surface area contributed by atoms with Gasteiger partial charge < -0.3 is 0 Å². The summed E-state index contributed by atoms with van der Waals surface area (Å²) in [5.41, 5.74) is 11.2. The standard InChI is InChI=1S/C19H20/c1-12-8-13(2)10-17(9-12)19-15(4)14(3)11-16-6-5-7-18(16)19/h5,7-11H,6H2,1-4H3. The van der Waals surface area contributed by atoms with E-state index in [1.165, 1.54) is 44.5 Å². The number of rotatable bonds is 1. The molecule has 0 nitrogen and oxygen atoms in total. The lowest BCUT2D eigenvalue weighted by Crippen LogP contribution is -1.96. The van der Waals surface area contributed by atoms with Crippen LogP contribution in [0.1, 0.15) is 33.4 Å². The van der Waals surface area contributed by atoms with Crippen molar-refractivity contribution in [2.24, 2.45) is 0 Å². The third-order valence-corrected chi connectivity index (χ3v) is 4.11. The summed E-state index contributed by atoms with van der Waals surface area (Å²) in [4.78, 5) is 0. The molecule has 1 aliphatic rings. The van der Waals surface area contributed by atoms with Gasteiger partial charge in [0.15, 0.2) is 0 Å². The monoisotopic (exact) mass is 248 g/mol. The molecule has 0 radical (unpaired) electrons. The molecule has 0 saturated carbocycles. The summed E-state index contributed by atoms with van der Waals surface area (Å²) in [5, 5.41) is 0. The van der Waals surface area contributed by atoms with Crippen molar-refractivity contribution in [3.63, 3.8) is 0 Å². The summed E-state index contributed by atoms with van der Waals surface area (Å²) in [6, 6.07) is 9.20. The Morgan fingerprint density at radius 1 is 0.842 bits per heavy atom. The summed E-state index contributed by atoms with van der Waals surface area (Å²) in [5.74, 6) is 0. The van der Waals surface area contributed by atoms with Gasteiger partial charge in [0, 0.05) is 0 Å². The maximum Gasteiger partial charge on any atom is -0.00765 e. The summed E-state index contributed by atoms with van der Waals surface area (Å²) in [6.45, 7) is 8.82. The van der Waals surface area contributed by atoms with E-state index in [0.29, 0.717) is 0 Å². The lowest BCUT2D eigenvalue weighted by molar-refractivity contribution is 1.24. The van der Waals surface area contributed by atoms with Gasteiger partial charge in [0.25, 0.3) is 0 Å². The third kappa shape index (κ3) is 2.02. The Morgan fingerprint density at radius 3 is 2.21 bits per heavy atom. The van der Waals surface area contributed by atoms with E-state index in [1.807, 2.05) is 0 Å². The fourth-order valence-electron chi connectivity index (χ4n) is 3.16. The van der Waals surface area contributed by atoms with Crippen molar-refractivity contribution in [1.82, 2.24) is 0 Å². The maximum absolute atomic E-state index is 2.34. The third-order valence-electron chi connectivity index (χ3n) is 4.11. The zero-order valence-corrected chi connectivity index (χ0v) is 12.2. The second kappa shape index (κ2) is 4.38. The number of hydrogen-bond acceptors (Lipinski definition) is 0. The van der Waals surface area contributed by atoms with Gasteiger partial charge in [0.2, 0.25) is 0 Å². The minimum absolute atomic E-state index is 1.08. The van der Waals surface area contributed by atoms with Gasteiger partial charge in [0.1, 0.15) is 0 Å². The van der Waals surface area contributed by atoms with Gasteiger partial charge in [-0.1, -0.05) is 47.5 Å². The highest BCUT2D eigenvalue weighted by molar-refractivity contribution is 5.83. The van der Waals surface area contributed by atoms with E-state index in [-0.39, 0.29) is 0 Å². The molecule has 2 aromatic rings. The predicted molar refractivity (Wildman–Crippen MR) is 83.6 cm³/mol. The molecule has 0 N–H and O–H groups in total. The molecule has 0 amide bonds. The first-order valence-electron chi connectivity index (χ1n) is 6.94. The second-order valence-electron chi connectivity index (χ2n) is 5.75. The number of allylic oxidation sites excluding steroid dienone is 1. The number of benzene rings is 2. The topological polar surface area (TPSA) is 0 Å². The van der Waals surface area contributed by atoms with Crippen molar-refractivity contribution < 1.29 is 0 Å². The lowest BCUT2D eigenvalue weighted by atomic mass is 9.88. The number of aryl methyl sites for hydroxylation is 3. The van der Waals surface area contributed by atoms with E-state index in [9.17, 15) is 0 Å². The van der Waals surface area contributed by atoms with Crippen LogP contribution in [0.2, 0.25) is 0 Å². The van der Waals surface area contributed by atoms with Crippen LogP contribution < -0.4 is 0 Å². The van der Waals surface area contributed by atoms with E-state index in [4.69, 9.17) is 0 Å². The van der Waals surface area contributed by atoms with Gasteiger partial charge in [-0.3, -0.25) is 0 Å². The molecule has 0 fully saturated rings. The molecule has 96 valence electrons. The molecule has 0 heterocycles. The van der Waals surface area contributed by atoms with Crippen molar-refractivity contribution in [2.45, 2.75) is 34.1 Å². The Balaban J connectivity index is 2.33. The normalized spacial score (nSPS) is 12.8. The first kappa shape index (κ1) is 12.2. The highest BCUT2D eigenvalue weighted by atomic mass is 14.2. The largest absolute Gasteiger partial charge is 0.0795 e. The molecular formula is C19H20. The van der Waals surface area contributed by atoms with Crippen LogP contribution in [0, 0.1) is 27.7 Å². The van der Waals surface area contributed by atoms with Crippen molar-refractivity contribution in [1.29, 1.82) is 0 Å². The average Bonchev–Trinajstić information content (AvgIpc) is 2.76. The SMILES string of the molecule is Cc1cc(C)cc(-c2c(C)c(C)cc3c2C=CC3)c1. The zero-order valence-electron chi connectivity index (χ0n) is 12.2. The van der Waals surface area contributed by atoms with Crippen LogP contribution in [0.3, 0.4) is 0 Å². The van der Waals surface area contributed by atoms with Gasteiger partial charge in [-0.05, 0) is 67.5 Å². The second-order valence-corrected chi connectivity index (χ2v) is 5.75. The highest BCUT2D eigenvalue weighted by Crippen LogP contribution is 2.36. The van der Waals surface area contributed by atoms with Crippen LogP contribution in [0.15, 0.2) is 30.3 Å². The molecule has 19 heavy (non-hydrogen) atoms. The molecule has 2 aromatic carbocycles. The Kier molecular flexibility index (Phi) is 2.82. The molecule has 1 aliphatic carbocycles. The van der Waals surface area contributed by atoms with Crippen LogP contribution in [0.4, 0.5) is 0 Å². The Bertz CT molecular complexity index is 667. The van der Waals surface area contributed by atoms with Crippen LogP contribution in [-0.4, -0.2) is 0 Å². The molecule has 0 aliphatic heterocycles. The van der Waals surface area contributed by atoms with E-state index in [2.05, 4.69) is 64.1 Å². The Hall–Kier alpha value is -1.82. The van der Waals surface area contributed by atoms with E-state index in [0.717, 1.165) is 6.42 Å².